The molecule has 3 aliphatic rings. The highest BCUT2D eigenvalue weighted by molar-refractivity contribution is 6.07. The van der Waals surface area contributed by atoms with Gasteiger partial charge in [0, 0.05) is 5.92 Å². The fourth-order valence-electron chi connectivity index (χ4n) is 5.07. The van der Waals surface area contributed by atoms with E-state index >= 15 is 0 Å². The van der Waals surface area contributed by atoms with Crippen LogP contribution in [0.15, 0.2) is 30.3 Å². The second-order valence-electron chi connectivity index (χ2n) is 8.01. The molecule has 2 aliphatic heterocycles. The van der Waals surface area contributed by atoms with Gasteiger partial charge in [-0.2, -0.15) is 0 Å². The van der Waals surface area contributed by atoms with Gasteiger partial charge in [-0.15, -0.1) is 0 Å². The molecule has 4 rings (SSSR count). The number of hydrogen-bond acceptors (Lipinski definition) is 2. The minimum atomic E-state index is -0.945. The number of urea groups is 1. The number of rotatable bonds is 3. The van der Waals surface area contributed by atoms with E-state index in [2.05, 4.69) is 5.32 Å². The Morgan fingerprint density at radius 2 is 1.84 bits per heavy atom. The quantitative estimate of drug-likeness (QED) is 0.821. The summed E-state index contributed by atoms with van der Waals surface area (Å²) in [5, 5.41) is 2.93. The number of nitrogens with one attached hydrogen (secondary N) is 2. The molecule has 1 aromatic carbocycles. The first-order valence-electron chi connectivity index (χ1n) is 9.64. The predicted molar refractivity (Wildman–Crippen MR) is 94.8 cm³/mol. The van der Waals surface area contributed by atoms with Gasteiger partial charge in [-0.05, 0) is 44.6 Å². The third-order valence-corrected chi connectivity index (χ3v) is 6.49. The summed E-state index contributed by atoms with van der Waals surface area (Å²) >= 11 is 0. The van der Waals surface area contributed by atoms with Gasteiger partial charge in [0.1, 0.15) is 5.54 Å². The fourth-order valence-corrected chi connectivity index (χ4v) is 5.07. The number of likely N-dealkylation sites (tertiary alicyclic amines) is 1. The van der Waals surface area contributed by atoms with Crippen molar-refractivity contribution in [3.05, 3.63) is 35.9 Å². The molecule has 5 heteroatoms. The van der Waals surface area contributed by atoms with Crippen LogP contribution in [0.25, 0.3) is 0 Å². The van der Waals surface area contributed by atoms with Crippen molar-refractivity contribution in [3.8, 4) is 0 Å². The molecule has 5 nitrogen and oxygen atoms in total. The Hall–Kier alpha value is -1.88. The lowest BCUT2D eigenvalue weighted by atomic mass is 9.78. The van der Waals surface area contributed by atoms with Crippen LogP contribution in [0.5, 0.6) is 0 Å². The zero-order chi connectivity index (χ0) is 17.4. The monoisotopic (exact) mass is 342 g/mol. The summed E-state index contributed by atoms with van der Waals surface area (Å²) < 4.78 is 0. The Morgan fingerprint density at radius 3 is 2.64 bits per heavy atom. The topological polar surface area (TPSA) is 53.9 Å². The first-order valence-corrected chi connectivity index (χ1v) is 9.64. The molecule has 0 aromatic heterocycles. The van der Waals surface area contributed by atoms with E-state index in [9.17, 15) is 9.59 Å². The van der Waals surface area contributed by atoms with Gasteiger partial charge in [-0.3, -0.25) is 4.79 Å². The zero-order valence-electron chi connectivity index (χ0n) is 15.0. The number of nitrogens with zero attached hydrogens (tertiary/aromatic N) is 1. The summed E-state index contributed by atoms with van der Waals surface area (Å²) in [5.41, 5.74) is -0.0976. The molecule has 2 saturated heterocycles. The maximum Gasteiger partial charge on any atom is 0.329 e. The molecule has 3 amide bonds. The molecule has 0 radical (unpaired) electrons. The Kier molecular flexibility index (Phi) is 4.28. The van der Waals surface area contributed by atoms with E-state index in [0.29, 0.717) is 12.7 Å². The molecule has 2 heterocycles. The molecule has 25 heavy (non-hydrogen) atoms. The number of imide groups is 1. The second kappa shape index (κ2) is 6.45. The standard InChI is InChI=1S/C20H27N3O2/c1-20(16-10-3-2-4-11-16)18(24)23(19(25)21-20)14-22-13-7-9-15-8-5-6-12-17(15)22/h2-4,10-11,15,17H,5-9,12-14H2,1H3,(H,21,25)/p+1/t15-,17+,20+/m1/s1. The molecular weight excluding hydrogens is 314 g/mol. The number of fused-ring (bicyclic) bond motifs is 1. The van der Waals surface area contributed by atoms with Gasteiger partial charge >= 0.3 is 6.03 Å². The Balaban J connectivity index is 1.53. The first kappa shape index (κ1) is 16.6. The SMILES string of the molecule is C[C@@]1(c2ccccc2)NC(=O)N(C[NH+]2CCC[C@H]3CCCC[C@@H]32)C1=O. The van der Waals surface area contributed by atoms with Crippen LogP contribution in [0.2, 0.25) is 0 Å². The Labute approximate surface area is 149 Å². The van der Waals surface area contributed by atoms with E-state index in [-0.39, 0.29) is 11.9 Å². The van der Waals surface area contributed by atoms with Crippen LogP contribution in [-0.4, -0.2) is 36.1 Å². The van der Waals surface area contributed by atoms with E-state index in [1.165, 1.54) is 48.3 Å². The molecular formula is C20H28N3O2+. The van der Waals surface area contributed by atoms with Crippen molar-refractivity contribution in [2.45, 2.75) is 57.0 Å². The lowest BCUT2D eigenvalue weighted by Crippen LogP contribution is -3.19. The van der Waals surface area contributed by atoms with Crippen molar-refractivity contribution in [1.82, 2.24) is 10.2 Å². The molecule has 0 spiro atoms. The summed E-state index contributed by atoms with van der Waals surface area (Å²) in [7, 11) is 0. The van der Waals surface area contributed by atoms with Gasteiger partial charge in [0.25, 0.3) is 5.91 Å². The van der Waals surface area contributed by atoms with Crippen molar-refractivity contribution in [3.63, 3.8) is 0 Å². The summed E-state index contributed by atoms with van der Waals surface area (Å²) in [6.45, 7) is 3.39. The highest BCUT2D eigenvalue weighted by Crippen LogP contribution is 2.30. The van der Waals surface area contributed by atoms with E-state index in [0.717, 1.165) is 18.0 Å². The van der Waals surface area contributed by atoms with E-state index in [4.69, 9.17) is 0 Å². The molecule has 2 N–H and O–H groups in total. The predicted octanol–water partition coefficient (Wildman–Crippen LogP) is 1.65. The second-order valence-corrected chi connectivity index (χ2v) is 8.01. The van der Waals surface area contributed by atoms with Crippen LogP contribution >= 0.6 is 0 Å². The number of hydrogen-bond donors (Lipinski definition) is 2. The number of quaternary nitrogens is 1. The van der Waals surface area contributed by atoms with Gasteiger partial charge in [-0.25, -0.2) is 9.69 Å². The van der Waals surface area contributed by atoms with E-state index in [1.807, 2.05) is 37.3 Å². The summed E-state index contributed by atoms with van der Waals surface area (Å²) in [5.74, 6) is 0.660. The van der Waals surface area contributed by atoms with Crippen LogP contribution in [0.1, 0.15) is 51.0 Å². The lowest BCUT2D eigenvalue weighted by molar-refractivity contribution is -0.942. The zero-order valence-corrected chi connectivity index (χ0v) is 15.0. The summed E-state index contributed by atoms with van der Waals surface area (Å²) in [4.78, 5) is 28.6. The highest BCUT2D eigenvalue weighted by atomic mass is 16.2. The third-order valence-electron chi connectivity index (χ3n) is 6.49. The van der Waals surface area contributed by atoms with Crippen LogP contribution in [0, 0.1) is 5.92 Å². The van der Waals surface area contributed by atoms with E-state index in [1.54, 1.807) is 0 Å². The number of benzene rings is 1. The lowest BCUT2D eigenvalue weighted by Gasteiger charge is -2.42. The molecule has 134 valence electrons. The summed E-state index contributed by atoms with van der Waals surface area (Å²) in [6.07, 6.45) is 7.69. The highest BCUT2D eigenvalue weighted by Gasteiger charge is 2.51. The van der Waals surface area contributed by atoms with Crippen molar-refractivity contribution in [2.75, 3.05) is 13.2 Å². The minimum Gasteiger partial charge on any atom is -0.319 e. The van der Waals surface area contributed by atoms with Gasteiger partial charge in [0.15, 0.2) is 6.67 Å². The molecule has 0 bridgehead atoms. The summed E-state index contributed by atoms with van der Waals surface area (Å²) in [6, 6.07) is 9.93. The molecule has 4 atom stereocenters. The van der Waals surface area contributed by atoms with Gasteiger partial charge < -0.3 is 10.2 Å². The first-order chi connectivity index (χ1) is 12.1. The average Bonchev–Trinajstić information content (AvgIpc) is 2.87. The number of carbonyl (C=O) groups excluding carboxylic acids is 2. The van der Waals surface area contributed by atoms with Crippen molar-refractivity contribution >= 4 is 11.9 Å². The maximum absolute atomic E-state index is 13.1. The smallest absolute Gasteiger partial charge is 0.319 e. The largest absolute Gasteiger partial charge is 0.329 e. The Morgan fingerprint density at radius 1 is 1.12 bits per heavy atom. The Bertz CT molecular complexity index is 660. The number of carbonyl (C=O) groups is 2. The number of amides is 3. The average molecular weight is 342 g/mol. The molecule has 3 fully saturated rings. The van der Waals surface area contributed by atoms with E-state index < -0.39 is 5.54 Å². The van der Waals surface area contributed by atoms with Crippen LogP contribution in [-0.2, 0) is 10.3 Å². The third kappa shape index (κ3) is 2.84. The fraction of sp³-hybridized carbons (Fsp3) is 0.600. The van der Waals surface area contributed by atoms with Gasteiger partial charge in [-0.1, -0.05) is 36.8 Å². The van der Waals surface area contributed by atoms with Crippen molar-refractivity contribution < 1.29 is 14.5 Å². The molecule has 1 aromatic rings. The van der Waals surface area contributed by atoms with Crippen molar-refractivity contribution in [1.29, 1.82) is 0 Å². The van der Waals surface area contributed by atoms with Crippen molar-refractivity contribution in [2.24, 2.45) is 5.92 Å². The number of piperidine rings is 1. The minimum absolute atomic E-state index is 0.117. The van der Waals surface area contributed by atoms with Crippen LogP contribution in [0.3, 0.4) is 0 Å². The molecule has 1 aliphatic carbocycles. The molecule has 1 unspecified atom stereocenters. The van der Waals surface area contributed by atoms with Gasteiger partial charge in [0.2, 0.25) is 0 Å². The maximum atomic E-state index is 13.1. The van der Waals surface area contributed by atoms with Crippen LogP contribution < -0.4 is 10.2 Å². The van der Waals surface area contributed by atoms with Gasteiger partial charge in [0.05, 0.1) is 12.6 Å². The molecule has 1 saturated carbocycles. The normalized spacial score (nSPS) is 35.4. The van der Waals surface area contributed by atoms with Crippen LogP contribution in [0.4, 0.5) is 4.79 Å².